The van der Waals surface area contributed by atoms with E-state index in [2.05, 4.69) is 11.7 Å². The second kappa shape index (κ2) is 10.8. The van der Waals surface area contributed by atoms with E-state index < -0.39 is 6.16 Å². The van der Waals surface area contributed by atoms with Crippen LogP contribution in [0.5, 0.6) is 17.2 Å². The van der Waals surface area contributed by atoms with Crippen molar-refractivity contribution >= 4 is 6.16 Å². The summed E-state index contributed by atoms with van der Waals surface area (Å²) >= 11 is 0. The van der Waals surface area contributed by atoms with Gasteiger partial charge >= 0.3 is 6.16 Å². The molecule has 0 fully saturated rings. The van der Waals surface area contributed by atoms with E-state index in [1.807, 2.05) is 6.92 Å². The smallest absolute Gasteiger partial charge is 0.504 e. The van der Waals surface area contributed by atoms with Gasteiger partial charge in [0.05, 0.1) is 6.61 Å². The Labute approximate surface area is 144 Å². The third kappa shape index (κ3) is 6.69. The molecular formula is C19H30O5. The number of aromatic hydroxyl groups is 1. The van der Waals surface area contributed by atoms with Crippen molar-refractivity contribution in [2.24, 2.45) is 0 Å². The van der Waals surface area contributed by atoms with Crippen LogP contribution in [0.25, 0.3) is 0 Å². The molecule has 0 aromatic heterocycles. The van der Waals surface area contributed by atoms with Crippen LogP contribution >= 0.6 is 0 Å². The van der Waals surface area contributed by atoms with Gasteiger partial charge in [0.2, 0.25) is 0 Å². The minimum Gasteiger partial charge on any atom is -0.504 e. The van der Waals surface area contributed by atoms with E-state index in [1.54, 1.807) is 6.92 Å². The summed E-state index contributed by atoms with van der Waals surface area (Å²) in [7, 11) is 0. The SMILES string of the molecule is CCCCCCCCCCOc1cc(OC(=O)O)c(O)c(C)c1C. The lowest BCUT2D eigenvalue weighted by Gasteiger charge is -2.14. The first-order valence-corrected chi connectivity index (χ1v) is 8.84. The number of hydrogen-bond donors (Lipinski definition) is 2. The molecule has 5 heteroatoms. The molecule has 24 heavy (non-hydrogen) atoms. The summed E-state index contributed by atoms with van der Waals surface area (Å²) in [5.41, 5.74) is 1.37. The maximum Gasteiger partial charge on any atom is 0.511 e. The summed E-state index contributed by atoms with van der Waals surface area (Å²) in [5.74, 6) is 0.315. The Hall–Kier alpha value is -1.91. The molecule has 0 heterocycles. The number of carboxylic acid groups (broad SMARTS) is 1. The molecule has 1 aromatic rings. The standard InChI is InChI=1S/C19H30O5/c1-4-5-6-7-8-9-10-11-12-23-16-13-17(24-19(21)22)18(20)15(3)14(16)2/h13,20H,4-12H2,1-3H3,(H,21,22). The molecular weight excluding hydrogens is 308 g/mol. The normalized spacial score (nSPS) is 10.6. The Balaban J connectivity index is 2.42. The maximum atomic E-state index is 10.7. The molecule has 136 valence electrons. The Morgan fingerprint density at radius 2 is 1.54 bits per heavy atom. The zero-order valence-electron chi connectivity index (χ0n) is 15.1. The lowest BCUT2D eigenvalue weighted by molar-refractivity contribution is 0.142. The highest BCUT2D eigenvalue weighted by atomic mass is 16.7. The fourth-order valence-corrected chi connectivity index (χ4v) is 2.58. The second-order valence-corrected chi connectivity index (χ2v) is 6.16. The molecule has 5 nitrogen and oxygen atoms in total. The topological polar surface area (TPSA) is 76.0 Å². The molecule has 0 radical (unpaired) electrons. The van der Waals surface area contributed by atoms with E-state index in [4.69, 9.17) is 9.84 Å². The lowest BCUT2D eigenvalue weighted by atomic mass is 10.1. The van der Waals surface area contributed by atoms with Crippen molar-refractivity contribution in [2.75, 3.05) is 6.61 Å². The third-order valence-electron chi connectivity index (χ3n) is 4.24. The lowest BCUT2D eigenvalue weighted by Crippen LogP contribution is -2.06. The molecule has 0 saturated carbocycles. The van der Waals surface area contributed by atoms with Crippen molar-refractivity contribution in [3.8, 4) is 17.2 Å². The predicted octanol–water partition coefficient (Wildman–Crippen LogP) is 5.59. The van der Waals surface area contributed by atoms with Gasteiger partial charge in [-0.1, -0.05) is 51.9 Å². The number of phenolic OH excluding ortho intramolecular Hbond substituents is 1. The molecule has 0 saturated heterocycles. The van der Waals surface area contributed by atoms with Crippen LogP contribution in [0, 0.1) is 13.8 Å². The molecule has 1 rings (SSSR count). The number of phenols is 1. The highest BCUT2D eigenvalue weighted by Gasteiger charge is 2.16. The molecule has 0 aliphatic carbocycles. The Morgan fingerprint density at radius 1 is 0.958 bits per heavy atom. The monoisotopic (exact) mass is 338 g/mol. The minimum atomic E-state index is -1.46. The van der Waals surface area contributed by atoms with Crippen molar-refractivity contribution < 1.29 is 24.5 Å². The van der Waals surface area contributed by atoms with Gasteiger partial charge in [-0.25, -0.2) is 4.79 Å². The van der Waals surface area contributed by atoms with Gasteiger partial charge in [-0.3, -0.25) is 0 Å². The Bertz CT molecular complexity index is 525. The van der Waals surface area contributed by atoms with Crippen LogP contribution in [0.2, 0.25) is 0 Å². The average Bonchev–Trinajstić information content (AvgIpc) is 2.54. The summed E-state index contributed by atoms with van der Waals surface area (Å²) in [6.45, 7) is 6.34. The highest BCUT2D eigenvalue weighted by Crippen LogP contribution is 2.38. The van der Waals surface area contributed by atoms with Gasteiger partial charge < -0.3 is 19.7 Å². The van der Waals surface area contributed by atoms with E-state index in [0.717, 1.165) is 18.4 Å². The van der Waals surface area contributed by atoms with Crippen molar-refractivity contribution in [1.29, 1.82) is 0 Å². The number of hydrogen-bond acceptors (Lipinski definition) is 4. The van der Waals surface area contributed by atoms with Crippen LogP contribution in [-0.4, -0.2) is 23.0 Å². The van der Waals surface area contributed by atoms with Crippen molar-refractivity contribution in [3.63, 3.8) is 0 Å². The van der Waals surface area contributed by atoms with Gasteiger partial charge in [-0.15, -0.1) is 0 Å². The van der Waals surface area contributed by atoms with E-state index in [1.165, 1.54) is 44.6 Å². The molecule has 0 aliphatic heterocycles. The van der Waals surface area contributed by atoms with Gasteiger partial charge in [0.25, 0.3) is 0 Å². The van der Waals surface area contributed by atoms with Gasteiger partial charge in [0.15, 0.2) is 11.5 Å². The zero-order valence-corrected chi connectivity index (χ0v) is 15.1. The maximum absolute atomic E-state index is 10.7. The van der Waals surface area contributed by atoms with Crippen LogP contribution in [-0.2, 0) is 0 Å². The first-order chi connectivity index (χ1) is 11.5. The summed E-state index contributed by atoms with van der Waals surface area (Å²) in [6, 6.07) is 1.44. The molecule has 0 unspecified atom stereocenters. The minimum absolute atomic E-state index is 0.0866. The predicted molar refractivity (Wildman–Crippen MR) is 94.3 cm³/mol. The van der Waals surface area contributed by atoms with E-state index in [0.29, 0.717) is 17.9 Å². The number of carbonyl (C=O) groups is 1. The van der Waals surface area contributed by atoms with Crippen molar-refractivity contribution in [2.45, 2.75) is 72.1 Å². The quantitative estimate of drug-likeness (QED) is 0.313. The third-order valence-corrected chi connectivity index (χ3v) is 4.24. The number of benzene rings is 1. The molecule has 0 bridgehead atoms. The van der Waals surface area contributed by atoms with E-state index in [-0.39, 0.29) is 11.5 Å². The first-order valence-electron chi connectivity index (χ1n) is 8.84. The van der Waals surface area contributed by atoms with Crippen molar-refractivity contribution in [3.05, 3.63) is 17.2 Å². The summed E-state index contributed by atoms with van der Waals surface area (Å²) in [6.07, 6.45) is 8.34. The average molecular weight is 338 g/mol. The van der Waals surface area contributed by atoms with Crippen LogP contribution in [0.4, 0.5) is 4.79 Å². The molecule has 0 amide bonds. The van der Waals surface area contributed by atoms with Crippen LogP contribution in [0.3, 0.4) is 0 Å². The summed E-state index contributed by atoms with van der Waals surface area (Å²) in [5, 5.41) is 18.7. The second-order valence-electron chi connectivity index (χ2n) is 6.16. The van der Waals surface area contributed by atoms with Crippen molar-refractivity contribution in [1.82, 2.24) is 0 Å². The molecule has 2 N–H and O–H groups in total. The summed E-state index contributed by atoms with van der Waals surface area (Å²) in [4.78, 5) is 10.7. The molecule has 1 aromatic carbocycles. The fraction of sp³-hybridized carbons (Fsp3) is 0.632. The van der Waals surface area contributed by atoms with Crippen LogP contribution in [0.15, 0.2) is 6.07 Å². The van der Waals surface area contributed by atoms with E-state index >= 15 is 0 Å². The summed E-state index contributed by atoms with van der Waals surface area (Å²) < 4.78 is 10.4. The van der Waals surface area contributed by atoms with Gasteiger partial charge in [0.1, 0.15) is 5.75 Å². The number of ether oxygens (including phenoxy) is 2. The number of rotatable bonds is 11. The number of unbranched alkanes of at least 4 members (excludes halogenated alkanes) is 7. The molecule has 0 aliphatic rings. The van der Waals surface area contributed by atoms with Gasteiger partial charge in [-0.05, 0) is 25.8 Å². The van der Waals surface area contributed by atoms with Gasteiger partial charge in [0, 0.05) is 11.6 Å². The Kier molecular flexibility index (Phi) is 9.05. The van der Waals surface area contributed by atoms with E-state index in [9.17, 15) is 9.90 Å². The fourth-order valence-electron chi connectivity index (χ4n) is 2.58. The molecule has 0 atom stereocenters. The van der Waals surface area contributed by atoms with Gasteiger partial charge in [-0.2, -0.15) is 0 Å². The highest BCUT2D eigenvalue weighted by molar-refractivity contribution is 5.65. The van der Waals surface area contributed by atoms with Crippen LogP contribution in [0.1, 0.15) is 69.4 Å². The van der Waals surface area contributed by atoms with Crippen LogP contribution < -0.4 is 9.47 Å². The zero-order chi connectivity index (χ0) is 17.9. The first kappa shape index (κ1) is 20.1. The Morgan fingerprint density at radius 3 is 2.12 bits per heavy atom. The molecule has 0 spiro atoms. The largest absolute Gasteiger partial charge is 0.511 e.